The molecule has 2 amide bonds. The highest BCUT2D eigenvalue weighted by molar-refractivity contribution is 5.78. The van der Waals surface area contributed by atoms with Crippen LogP contribution in [0.4, 0.5) is 25.1 Å². The average Bonchev–Trinajstić information content (AvgIpc) is 3.70. The normalized spacial score (nSPS) is 20.1. The van der Waals surface area contributed by atoms with Crippen LogP contribution >= 0.6 is 0 Å². The molecule has 0 aliphatic carbocycles. The number of hydrogen-bond acceptors (Lipinski definition) is 7. The third-order valence-corrected chi connectivity index (χ3v) is 11.5. The van der Waals surface area contributed by atoms with Gasteiger partial charge in [0.05, 0.1) is 18.8 Å². The van der Waals surface area contributed by atoms with Gasteiger partial charge in [0, 0.05) is 99.5 Å². The van der Waals surface area contributed by atoms with Gasteiger partial charge in [0.15, 0.2) is 5.82 Å². The van der Waals surface area contributed by atoms with Gasteiger partial charge in [0.1, 0.15) is 5.60 Å². The van der Waals surface area contributed by atoms with E-state index in [4.69, 9.17) is 9.84 Å². The molecule has 2 aromatic heterocycles. The van der Waals surface area contributed by atoms with Gasteiger partial charge in [-0.1, -0.05) is 0 Å². The first-order valence-electron chi connectivity index (χ1n) is 18.5. The van der Waals surface area contributed by atoms with Crippen molar-refractivity contribution in [2.24, 2.45) is 7.05 Å². The number of nitrogens with zero attached hydrogens (tertiary/aromatic N) is 8. The Labute approximate surface area is 299 Å². The summed E-state index contributed by atoms with van der Waals surface area (Å²) >= 11 is 0. The number of ether oxygens (including phenoxy) is 1. The van der Waals surface area contributed by atoms with E-state index >= 15 is 0 Å². The highest BCUT2D eigenvalue weighted by Gasteiger charge is 2.41. The summed E-state index contributed by atoms with van der Waals surface area (Å²) in [6, 6.07) is 3.78. The molecule has 2 fully saturated rings. The van der Waals surface area contributed by atoms with Gasteiger partial charge in [-0.3, -0.25) is 19.1 Å². The van der Waals surface area contributed by atoms with Crippen molar-refractivity contribution in [2.45, 2.75) is 110 Å². The molecule has 0 radical (unpaired) electrons. The third kappa shape index (κ3) is 6.97. The Balaban J connectivity index is 1.14. The number of anilines is 2. The fourth-order valence-corrected chi connectivity index (χ4v) is 8.54. The molecular weight excluding hydrogens is 654 g/mol. The minimum Gasteiger partial charge on any atom is -0.444 e. The van der Waals surface area contributed by atoms with Crippen molar-refractivity contribution in [3.05, 3.63) is 46.9 Å². The number of rotatable bonds is 5. The number of benzene rings is 1. The van der Waals surface area contributed by atoms with Crippen LogP contribution in [0.25, 0.3) is 11.1 Å². The number of carbonyl (C=O) groups is 2. The van der Waals surface area contributed by atoms with Crippen LogP contribution in [0, 0.1) is 0 Å². The third-order valence-electron chi connectivity index (χ3n) is 11.5. The lowest BCUT2D eigenvalue weighted by Gasteiger charge is -2.49. The quantitative estimate of drug-likeness (QED) is 0.294. The molecule has 7 rings (SSSR count). The van der Waals surface area contributed by atoms with Gasteiger partial charge in [0.25, 0.3) is 6.43 Å². The molecule has 0 atom stereocenters. The van der Waals surface area contributed by atoms with Crippen LogP contribution in [0.3, 0.4) is 0 Å². The van der Waals surface area contributed by atoms with Gasteiger partial charge < -0.3 is 19.4 Å². The Kier molecular flexibility index (Phi) is 9.39. The van der Waals surface area contributed by atoms with Crippen molar-refractivity contribution >= 4 is 23.5 Å². The smallest absolute Gasteiger partial charge is 0.410 e. The SMILES string of the molecule is CC(=O)N1CCc2c(c(N3CCCc4cc(-c5cnn(C)c5)c(C(F)F)cc43)nn2C2CCN(C3(C)CCN(C(=O)OC(C)(C)C)CC3)CC2)C1. The standard InChI is InChI=1S/C38H52F2N8O3/c1-25(49)45-15-11-32-31(24-45)35(47-14-7-8-26-20-29(27-22-41-43(6)23-27)30(34(39)40)21-33(26)47)42-48(32)28-9-16-46(17-10-28)38(5)12-18-44(19-13-38)36(50)51-37(2,3)4/h20-23,28,34H,7-19,24H2,1-6H3. The molecule has 4 aliphatic rings. The van der Waals surface area contributed by atoms with Crippen LogP contribution in [-0.2, 0) is 36.0 Å². The number of piperidine rings is 2. The van der Waals surface area contributed by atoms with Crippen molar-refractivity contribution < 1.29 is 23.1 Å². The predicted molar refractivity (Wildman–Crippen MR) is 191 cm³/mol. The molecule has 51 heavy (non-hydrogen) atoms. The topological polar surface area (TPSA) is 92.0 Å². The van der Waals surface area contributed by atoms with Crippen LogP contribution in [0.2, 0.25) is 0 Å². The second kappa shape index (κ2) is 13.5. The lowest BCUT2D eigenvalue weighted by atomic mass is 9.85. The van der Waals surface area contributed by atoms with Gasteiger partial charge >= 0.3 is 6.09 Å². The van der Waals surface area contributed by atoms with E-state index in [1.54, 1.807) is 37.1 Å². The first-order chi connectivity index (χ1) is 24.2. The molecule has 6 heterocycles. The molecule has 13 heteroatoms. The fourth-order valence-electron chi connectivity index (χ4n) is 8.54. The minimum atomic E-state index is -2.65. The number of halogens is 2. The van der Waals surface area contributed by atoms with E-state index in [0.29, 0.717) is 50.3 Å². The second-order valence-corrected chi connectivity index (χ2v) is 16.1. The van der Waals surface area contributed by atoms with E-state index in [1.807, 2.05) is 36.6 Å². The van der Waals surface area contributed by atoms with E-state index < -0.39 is 12.0 Å². The van der Waals surface area contributed by atoms with Crippen molar-refractivity contribution in [1.29, 1.82) is 0 Å². The van der Waals surface area contributed by atoms with Crippen LogP contribution in [0.1, 0.15) is 102 Å². The lowest BCUT2D eigenvalue weighted by molar-refractivity contribution is -0.129. The van der Waals surface area contributed by atoms with Crippen LogP contribution < -0.4 is 4.90 Å². The van der Waals surface area contributed by atoms with Gasteiger partial charge in [-0.05, 0) is 89.5 Å². The summed E-state index contributed by atoms with van der Waals surface area (Å²) in [5, 5.41) is 9.56. The fraction of sp³-hybridized carbons (Fsp3) is 0.632. The Morgan fingerprint density at radius 1 is 1.00 bits per heavy atom. The van der Waals surface area contributed by atoms with Crippen LogP contribution in [0.5, 0.6) is 0 Å². The highest BCUT2D eigenvalue weighted by atomic mass is 19.3. The number of likely N-dealkylation sites (tertiary alicyclic amines) is 2. The van der Waals surface area contributed by atoms with Gasteiger partial charge in [-0.2, -0.15) is 10.2 Å². The molecule has 276 valence electrons. The molecule has 2 saturated heterocycles. The first-order valence-corrected chi connectivity index (χ1v) is 18.5. The first kappa shape index (κ1) is 35.4. The molecule has 11 nitrogen and oxygen atoms in total. The number of hydrogen-bond donors (Lipinski definition) is 0. The van der Waals surface area contributed by atoms with Gasteiger partial charge in [-0.15, -0.1) is 0 Å². The summed E-state index contributed by atoms with van der Waals surface area (Å²) in [6.45, 7) is 14.6. The van der Waals surface area contributed by atoms with Crippen LogP contribution in [-0.4, -0.2) is 96.7 Å². The maximum absolute atomic E-state index is 14.7. The number of alkyl halides is 2. The zero-order chi connectivity index (χ0) is 36.2. The molecule has 0 spiro atoms. The zero-order valence-electron chi connectivity index (χ0n) is 30.9. The van der Waals surface area contributed by atoms with E-state index in [1.165, 1.54) is 0 Å². The Morgan fingerprint density at radius 3 is 2.35 bits per heavy atom. The summed E-state index contributed by atoms with van der Waals surface area (Å²) < 4.78 is 38.8. The van der Waals surface area contributed by atoms with Crippen molar-refractivity contribution in [1.82, 2.24) is 34.3 Å². The second-order valence-electron chi connectivity index (χ2n) is 16.1. The molecule has 4 aliphatic heterocycles. The van der Waals surface area contributed by atoms with E-state index in [2.05, 4.69) is 26.5 Å². The molecule has 0 N–H and O–H groups in total. The summed E-state index contributed by atoms with van der Waals surface area (Å²) in [7, 11) is 1.79. The number of amides is 2. The van der Waals surface area contributed by atoms with Crippen molar-refractivity contribution in [3.8, 4) is 11.1 Å². The maximum atomic E-state index is 14.7. The predicted octanol–water partition coefficient (Wildman–Crippen LogP) is 6.64. The maximum Gasteiger partial charge on any atom is 0.410 e. The largest absolute Gasteiger partial charge is 0.444 e. The Morgan fingerprint density at radius 2 is 1.73 bits per heavy atom. The minimum absolute atomic E-state index is 0.00869. The summed E-state index contributed by atoms with van der Waals surface area (Å²) in [6.07, 6.45) is 6.59. The van der Waals surface area contributed by atoms with E-state index in [0.717, 1.165) is 79.9 Å². The van der Waals surface area contributed by atoms with Crippen LogP contribution in [0.15, 0.2) is 24.5 Å². The molecule has 0 bridgehead atoms. The average molecular weight is 707 g/mol. The highest BCUT2D eigenvalue weighted by Crippen LogP contribution is 2.44. The number of aromatic nitrogens is 4. The number of carbonyl (C=O) groups excluding carboxylic acids is 2. The molecule has 0 saturated carbocycles. The van der Waals surface area contributed by atoms with Gasteiger partial charge in [0.2, 0.25) is 5.91 Å². The van der Waals surface area contributed by atoms with Gasteiger partial charge in [-0.25, -0.2) is 13.6 Å². The lowest BCUT2D eigenvalue weighted by Crippen LogP contribution is -2.56. The summed E-state index contributed by atoms with van der Waals surface area (Å²) in [5.74, 6) is 0.814. The summed E-state index contributed by atoms with van der Waals surface area (Å²) in [4.78, 5) is 33.7. The molecular formula is C38H52F2N8O3. The van der Waals surface area contributed by atoms with E-state index in [-0.39, 0.29) is 29.1 Å². The molecule has 3 aromatic rings. The molecule has 0 unspecified atom stereocenters. The molecule has 1 aromatic carbocycles. The van der Waals surface area contributed by atoms with E-state index in [9.17, 15) is 18.4 Å². The zero-order valence-corrected chi connectivity index (χ0v) is 30.9. The van der Waals surface area contributed by atoms with Crippen molar-refractivity contribution in [3.63, 3.8) is 0 Å². The summed E-state index contributed by atoms with van der Waals surface area (Å²) in [5.41, 5.74) is 4.67. The number of fused-ring (bicyclic) bond motifs is 2. The Hall–Kier alpha value is -4.00. The van der Waals surface area contributed by atoms with Crippen molar-refractivity contribution in [2.75, 3.05) is 44.2 Å². The monoisotopic (exact) mass is 706 g/mol. The Bertz CT molecular complexity index is 1780. The number of aryl methyl sites for hydroxylation is 2.